The molecule has 5 heteroatoms. The van der Waals surface area contributed by atoms with Gasteiger partial charge in [0.15, 0.2) is 11.5 Å². The third kappa shape index (κ3) is 4.37. The van der Waals surface area contributed by atoms with Gasteiger partial charge in [-0.15, -0.1) is 0 Å². The van der Waals surface area contributed by atoms with Gasteiger partial charge < -0.3 is 20.1 Å². The van der Waals surface area contributed by atoms with Gasteiger partial charge in [0, 0.05) is 12.6 Å². The van der Waals surface area contributed by atoms with E-state index in [0.717, 1.165) is 49.3 Å². The zero-order chi connectivity index (χ0) is 15.9. The summed E-state index contributed by atoms with van der Waals surface area (Å²) in [5.41, 5.74) is 1.16. The lowest BCUT2D eigenvalue weighted by atomic mass is 10.0. The highest BCUT2D eigenvalue weighted by molar-refractivity contribution is 5.81. The topological polar surface area (TPSA) is 59.6 Å². The second-order valence-corrected chi connectivity index (χ2v) is 5.80. The first-order valence-electron chi connectivity index (χ1n) is 7.88. The first-order valence-corrected chi connectivity index (χ1v) is 7.88. The van der Waals surface area contributed by atoms with Crippen molar-refractivity contribution in [1.82, 2.24) is 10.6 Å². The van der Waals surface area contributed by atoms with E-state index in [9.17, 15) is 4.79 Å². The van der Waals surface area contributed by atoms with Gasteiger partial charge in [0.1, 0.15) is 0 Å². The van der Waals surface area contributed by atoms with Crippen LogP contribution in [0.4, 0.5) is 0 Å². The molecule has 0 radical (unpaired) electrons. The third-order valence-electron chi connectivity index (χ3n) is 4.01. The van der Waals surface area contributed by atoms with Crippen molar-refractivity contribution in [2.45, 2.75) is 44.7 Å². The summed E-state index contributed by atoms with van der Waals surface area (Å²) in [6.45, 7) is 2.90. The van der Waals surface area contributed by atoms with Gasteiger partial charge in [-0.05, 0) is 50.3 Å². The molecule has 1 aliphatic rings. The van der Waals surface area contributed by atoms with Crippen LogP contribution >= 0.6 is 0 Å². The van der Waals surface area contributed by atoms with Crippen molar-refractivity contribution in [3.63, 3.8) is 0 Å². The lowest BCUT2D eigenvalue weighted by Crippen LogP contribution is -2.47. The second kappa shape index (κ2) is 8.03. The predicted molar refractivity (Wildman–Crippen MR) is 86.5 cm³/mol. The summed E-state index contributed by atoms with van der Waals surface area (Å²) in [6, 6.07) is 6.07. The molecule has 0 unspecified atom stereocenters. The molecule has 1 saturated heterocycles. The van der Waals surface area contributed by atoms with Crippen LogP contribution in [0.15, 0.2) is 18.2 Å². The summed E-state index contributed by atoms with van der Waals surface area (Å²) in [6.07, 6.45) is 3.89. The normalized spacial score (nSPS) is 20.0. The summed E-state index contributed by atoms with van der Waals surface area (Å²) < 4.78 is 10.6. The van der Waals surface area contributed by atoms with Crippen LogP contribution in [0.3, 0.4) is 0 Å². The molecular weight excluding hydrogens is 280 g/mol. The van der Waals surface area contributed by atoms with Crippen molar-refractivity contribution in [3.05, 3.63) is 23.8 Å². The van der Waals surface area contributed by atoms with Crippen LogP contribution in [-0.2, 0) is 11.2 Å². The van der Waals surface area contributed by atoms with Gasteiger partial charge >= 0.3 is 0 Å². The molecule has 1 aromatic rings. The maximum atomic E-state index is 12.0. The van der Waals surface area contributed by atoms with Crippen LogP contribution in [0.1, 0.15) is 31.7 Å². The fraction of sp³-hybridized carbons (Fsp3) is 0.588. The summed E-state index contributed by atoms with van der Waals surface area (Å²) in [7, 11) is 3.27. The Hall–Kier alpha value is -1.75. The lowest BCUT2D eigenvalue weighted by molar-refractivity contribution is -0.123. The molecule has 1 aliphatic heterocycles. The minimum atomic E-state index is -0.0855. The Morgan fingerprint density at radius 3 is 2.77 bits per heavy atom. The zero-order valence-electron chi connectivity index (χ0n) is 13.6. The molecule has 0 bridgehead atoms. The minimum absolute atomic E-state index is 0.0855. The lowest BCUT2D eigenvalue weighted by Gasteiger charge is -2.21. The standard InChI is InChI=1S/C17H26N2O3/c1-12(19-14-6-4-5-9-18-17(14)20)10-13-7-8-15(21-2)16(11-13)22-3/h7-8,11-12,14,19H,4-6,9-10H2,1-3H3,(H,18,20)/t12-,14-/m0/s1. The van der Waals surface area contributed by atoms with E-state index in [2.05, 4.69) is 17.6 Å². The van der Waals surface area contributed by atoms with E-state index in [0.29, 0.717) is 0 Å². The Kier molecular flexibility index (Phi) is 6.07. The molecule has 2 rings (SSSR count). The molecular formula is C17H26N2O3. The number of benzene rings is 1. The number of amides is 1. The highest BCUT2D eigenvalue weighted by atomic mass is 16.5. The smallest absolute Gasteiger partial charge is 0.237 e. The Morgan fingerprint density at radius 2 is 2.05 bits per heavy atom. The largest absolute Gasteiger partial charge is 0.493 e. The van der Waals surface area contributed by atoms with E-state index in [1.165, 1.54) is 0 Å². The van der Waals surface area contributed by atoms with Crippen LogP contribution < -0.4 is 20.1 Å². The van der Waals surface area contributed by atoms with Gasteiger partial charge in [-0.25, -0.2) is 0 Å². The summed E-state index contributed by atoms with van der Waals surface area (Å²) in [5.74, 6) is 1.59. The van der Waals surface area contributed by atoms with E-state index in [1.54, 1.807) is 14.2 Å². The van der Waals surface area contributed by atoms with E-state index in [-0.39, 0.29) is 18.0 Å². The van der Waals surface area contributed by atoms with Gasteiger partial charge in [-0.2, -0.15) is 0 Å². The molecule has 1 fully saturated rings. The number of methoxy groups -OCH3 is 2. The number of carbonyl (C=O) groups excluding carboxylic acids is 1. The van der Waals surface area contributed by atoms with Crippen LogP contribution in [0, 0.1) is 0 Å². The first kappa shape index (κ1) is 16.6. The summed E-state index contributed by atoms with van der Waals surface area (Å²) >= 11 is 0. The van der Waals surface area contributed by atoms with Crippen molar-refractivity contribution in [2.24, 2.45) is 0 Å². The van der Waals surface area contributed by atoms with E-state index in [1.807, 2.05) is 18.2 Å². The van der Waals surface area contributed by atoms with Gasteiger partial charge in [0.2, 0.25) is 5.91 Å². The molecule has 1 heterocycles. The van der Waals surface area contributed by atoms with E-state index < -0.39 is 0 Å². The SMILES string of the molecule is COc1ccc(C[C@H](C)N[C@H]2CCCCNC2=O)cc1OC. The van der Waals surface area contributed by atoms with Gasteiger partial charge in [0.25, 0.3) is 0 Å². The van der Waals surface area contributed by atoms with Crippen LogP contribution in [-0.4, -0.2) is 38.8 Å². The van der Waals surface area contributed by atoms with Gasteiger partial charge in [-0.1, -0.05) is 6.07 Å². The van der Waals surface area contributed by atoms with E-state index >= 15 is 0 Å². The fourth-order valence-corrected chi connectivity index (χ4v) is 2.86. The predicted octanol–water partition coefficient (Wildman–Crippen LogP) is 1.89. The van der Waals surface area contributed by atoms with Crippen molar-refractivity contribution in [3.8, 4) is 11.5 Å². The summed E-state index contributed by atoms with van der Waals surface area (Å²) in [5, 5.41) is 6.40. The van der Waals surface area contributed by atoms with Crippen LogP contribution in [0.2, 0.25) is 0 Å². The average Bonchev–Trinajstić information content (AvgIpc) is 2.72. The molecule has 5 nitrogen and oxygen atoms in total. The Morgan fingerprint density at radius 1 is 1.27 bits per heavy atom. The molecule has 0 saturated carbocycles. The van der Waals surface area contributed by atoms with Crippen LogP contribution in [0.25, 0.3) is 0 Å². The Labute approximate surface area is 132 Å². The highest BCUT2D eigenvalue weighted by Gasteiger charge is 2.22. The monoisotopic (exact) mass is 306 g/mol. The zero-order valence-corrected chi connectivity index (χ0v) is 13.6. The Balaban J connectivity index is 1.96. The minimum Gasteiger partial charge on any atom is -0.493 e. The molecule has 1 amide bonds. The van der Waals surface area contributed by atoms with Crippen molar-refractivity contribution in [1.29, 1.82) is 0 Å². The number of hydrogen-bond acceptors (Lipinski definition) is 4. The fourth-order valence-electron chi connectivity index (χ4n) is 2.86. The molecule has 1 aromatic carbocycles. The highest BCUT2D eigenvalue weighted by Crippen LogP contribution is 2.28. The van der Waals surface area contributed by atoms with Crippen molar-refractivity contribution in [2.75, 3.05) is 20.8 Å². The van der Waals surface area contributed by atoms with E-state index in [4.69, 9.17) is 9.47 Å². The molecule has 2 N–H and O–H groups in total. The number of nitrogens with one attached hydrogen (secondary N) is 2. The average molecular weight is 306 g/mol. The maximum Gasteiger partial charge on any atom is 0.237 e. The maximum absolute atomic E-state index is 12.0. The second-order valence-electron chi connectivity index (χ2n) is 5.80. The number of carbonyl (C=O) groups is 1. The molecule has 122 valence electrons. The van der Waals surface area contributed by atoms with Gasteiger partial charge in [0.05, 0.1) is 20.3 Å². The van der Waals surface area contributed by atoms with Gasteiger partial charge in [-0.3, -0.25) is 4.79 Å². The number of ether oxygens (including phenoxy) is 2. The molecule has 0 aromatic heterocycles. The number of hydrogen-bond donors (Lipinski definition) is 2. The summed E-state index contributed by atoms with van der Waals surface area (Å²) in [4.78, 5) is 12.0. The third-order valence-corrected chi connectivity index (χ3v) is 4.01. The quantitative estimate of drug-likeness (QED) is 0.843. The Bertz CT molecular complexity index is 505. The molecule has 2 atom stereocenters. The van der Waals surface area contributed by atoms with Crippen LogP contribution in [0.5, 0.6) is 11.5 Å². The van der Waals surface area contributed by atoms with Crippen molar-refractivity contribution < 1.29 is 14.3 Å². The first-order chi connectivity index (χ1) is 10.6. The molecule has 0 spiro atoms. The van der Waals surface area contributed by atoms with Crippen molar-refractivity contribution >= 4 is 5.91 Å². The molecule has 22 heavy (non-hydrogen) atoms. The molecule has 0 aliphatic carbocycles. The number of rotatable bonds is 6.